The van der Waals surface area contributed by atoms with Crippen molar-refractivity contribution in [2.45, 2.75) is 66.2 Å². The zero-order chi connectivity index (χ0) is 13.1. The summed E-state index contributed by atoms with van der Waals surface area (Å²) < 4.78 is 12.4. The molecule has 2 heteroatoms. The summed E-state index contributed by atoms with van der Waals surface area (Å²) in [6.45, 7) is 8.01. The molecule has 1 aromatic heterocycles. The maximum Gasteiger partial charge on any atom is 0.144 e. The average Bonchev–Trinajstić information content (AvgIpc) is 2.31. The van der Waals surface area contributed by atoms with E-state index in [-0.39, 0.29) is 5.82 Å². The molecule has 1 rings (SSSR count). The van der Waals surface area contributed by atoms with E-state index in [4.69, 9.17) is 0 Å². The van der Waals surface area contributed by atoms with Gasteiger partial charge in [0, 0.05) is 5.69 Å². The van der Waals surface area contributed by atoms with E-state index in [2.05, 4.69) is 18.8 Å². The Morgan fingerprint density at radius 2 is 1.47 bits per heavy atom. The summed E-state index contributed by atoms with van der Waals surface area (Å²) in [7, 11) is 0. The Balaban J connectivity index is 0.000000304. The van der Waals surface area contributed by atoms with E-state index in [9.17, 15) is 4.39 Å². The molecule has 0 aliphatic carbocycles. The van der Waals surface area contributed by atoms with Gasteiger partial charge in [-0.3, -0.25) is 4.98 Å². The van der Waals surface area contributed by atoms with Crippen LogP contribution in [0.3, 0.4) is 0 Å². The minimum Gasteiger partial charge on any atom is -0.255 e. The molecule has 0 aliphatic heterocycles. The van der Waals surface area contributed by atoms with Gasteiger partial charge in [0.15, 0.2) is 0 Å². The maximum absolute atomic E-state index is 12.4. The second-order valence-electron chi connectivity index (χ2n) is 4.43. The highest BCUT2D eigenvalue weighted by atomic mass is 19.1. The van der Waals surface area contributed by atoms with E-state index >= 15 is 0 Å². The van der Waals surface area contributed by atoms with Gasteiger partial charge in [0.2, 0.25) is 0 Å². The minimum atomic E-state index is -0.236. The van der Waals surface area contributed by atoms with Crippen molar-refractivity contribution in [3.63, 3.8) is 0 Å². The minimum absolute atomic E-state index is 0.236. The summed E-state index contributed by atoms with van der Waals surface area (Å²) in [6, 6.07) is 3.08. The number of rotatable bonds is 5. The van der Waals surface area contributed by atoms with Crippen LogP contribution >= 0.6 is 0 Å². The lowest BCUT2D eigenvalue weighted by Crippen LogP contribution is -1.88. The molecule has 0 fully saturated rings. The number of halogens is 1. The van der Waals surface area contributed by atoms with Crippen LogP contribution in [0.4, 0.5) is 4.39 Å². The second-order valence-corrected chi connectivity index (χ2v) is 4.43. The monoisotopic (exact) mass is 239 g/mol. The molecule has 1 aromatic rings. The van der Waals surface area contributed by atoms with Crippen LogP contribution in [0.1, 0.15) is 63.8 Å². The predicted octanol–water partition coefficient (Wildman–Crippen LogP) is 5.20. The quantitative estimate of drug-likeness (QED) is 0.643. The van der Waals surface area contributed by atoms with Gasteiger partial charge in [-0.05, 0) is 26.0 Å². The highest BCUT2D eigenvalue weighted by Gasteiger charge is 1.94. The van der Waals surface area contributed by atoms with Crippen molar-refractivity contribution < 1.29 is 4.39 Å². The summed E-state index contributed by atoms with van der Waals surface area (Å²) in [6.07, 6.45) is 8.49. The first-order valence-corrected chi connectivity index (χ1v) is 6.71. The first-order valence-electron chi connectivity index (χ1n) is 6.71. The number of hydrogen-bond donors (Lipinski definition) is 0. The molecular formula is C15H26FN. The highest BCUT2D eigenvalue weighted by molar-refractivity contribution is 5.10. The molecule has 0 amide bonds. The van der Waals surface area contributed by atoms with Crippen LogP contribution in [-0.4, -0.2) is 4.98 Å². The van der Waals surface area contributed by atoms with Gasteiger partial charge in [-0.15, -0.1) is 0 Å². The first kappa shape index (κ1) is 16.1. The van der Waals surface area contributed by atoms with Crippen LogP contribution in [0.25, 0.3) is 0 Å². The third-order valence-electron chi connectivity index (χ3n) is 2.62. The largest absolute Gasteiger partial charge is 0.255 e. The third-order valence-corrected chi connectivity index (χ3v) is 2.62. The predicted molar refractivity (Wildman–Crippen MR) is 72.7 cm³/mol. The van der Waals surface area contributed by atoms with Gasteiger partial charge in [-0.2, -0.15) is 0 Å². The van der Waals surface area contributed by atoms with E-state index in [0.717, 1.165) is 5.69 Å². The van der Waals surface area contributed by atoms with Crippen molar-refractivity contribution in [2.75, 3.05) is 0 Å². The van der Waals surface area contributed by atoms with Crippen molar-refractivity contribution in [1.29, 1.82) is 0 Å². The summed E-state index contributed by atoms with van der Waals surface area (Å²) in [5, 5.41) is 0. The Hall–Kier alpha value is -0.920. The summed E-state index contributed by atoms with van der Waals surface area (Å²) in [4.78, 5) is 3.90. The summed E-state index contributed by atoms with van der Waals surface area (Å²) >= 11 is 0. The third kappa shape index (κ3) is 8.84. The highest BCUT2D eigenvalue weighted by Crippen LogP contribution is 2.03. The molecule has 0 spiro atoms. The van der Waals surface area contributed by atoms with Gasteiger partial charge in [-0.1, -0.05) is 52.4 Å². The van der Waals surface area contributed by atoms with Crippen LogP contribution in [0, 0.1) is 19.7 Å². The molecule has 98 valence electrons. The Morgan fingerprint density at radius 3 is 1.82 bits per heavy atom. The normalized spacial score (nSPS) is 9.71. The lowest BCUT2D eigenvalue weighted by Gasteiger charge is -1.94. The van der Waals surface area contributed by atoms with Crippen molar-refractivity contribution in [1.82, 2.24) is 4.98 Å². The van der Waals surface area contributed by atoms with E-state index in [1.54, 1.807) is 13.0 Å². The Bertz CT molecular complexity index is 291. The topological polar surface area (TPSA) is 12.9 Å². The SMILES string of the molecule is CCCCCCCC.Cc1ccc(F)c(C)n1. The smallest absolute Gasteiger partial charge is 0.144 e. The Kier molecular flexibility index (Phi) is 9.69. The van der Waals surface area contributed by atoms with Crippen molar-refractivity contribution in [3.8, 4) is 0 Å². The number of aryl methyl sites for hydroxylation is 2. The Morgan fingerprint density at radius 1 is 0.941 bits per heavy atom. The standard InChI is InChI=1S/C8H18.C7H8FN/c1-3-5-7-8-6-4-2;1-5-3-4-7(8)6(2)9-5/h3-8H2,1-2H3;3-4H,1-2H3. The van der Waals surface area contributed by atoms with E-state index in [1.165, 1.54) is 44.6 Å². The fourth-order valence-corrected chi connectivity index (χ4v) is 1.52. The summed E-state index contributed by atoms with van der Waals surface area (Å²) in [5.74, 6) is -0.236. The van der Waals surface area contributed by atoms with Crippen LogP contribution in [0.5, 0.6) is 0 Å². The van der Waals surface area contributed by atoms with E-state index < -0.39 is 0 Å². The van der Waals surface area contributed by atoms with Gasteiger partial charge in [0.05, 0.1) is 5.69 Å². The van der Waals surface area contributed by atoms with Crippen LogP contribution < -0.4 is 0 Å². The lowest BCUT2D eigenvalue weighted by atomic mass is 10.1. The number of pyridine rings is 1. The van der Waals surface area contributed by atoms with Gasteiger partial charge >= 0.3 is 0 Å². The molecule has 0 aromatic carbocycles. The van der Waals surface area contributed by atoms with Crippen LogP contribution in [0.2, 0.25) is 0 Å². The summed E-state index contributed by atoms with van der Waals surface area (Å²) in [5.41, 5.74) is 1.32. The molecule has 1 heterocycles. The van der Waals surface area contributed by atoms with Gasteiger partial charge in [0.25, 0.3) is 0 Å². The number of aromatic nitrogens is 1. The van der Waals surface area contributed by atoms with Crippen LogP contribution in [0.15, 0.2) is 12.1 Å². The van der Waals surface area contributed by atoms with Gasteiger partial charge < -0.3 is 0 Å². The fraction of sp³-hybridized carbons (Fsp3) is 0.667. The molecule has 1 nitrogen and oxygen atoms in total. The molecule has 0 bridgehead atoms. The molecular weight excluding hydrogens is 213 g/mol. The molecule has 0 N–H and O–H groups in total. The molecule has 0 radical (unpaired) electrons. The molecule has 17 heavy (non-hydrogen) atoms. The number of hydrogen-bond acceptors (Lipinski definition) is 1. The van der Waals surface area contributed by atoms with E-state index in [1.807, 2.05) is 6.92 Å². The lowest BCUT2D eigenvalue weighted by molar-refractivity contribution is 0.608. The van der Waals surface area contributed by atoms with Gasteiger partial charge in [-0.25, -0.2) is 4.39 Å². The molecule has 0 saturated heterocycles. The second kappa shape index (κ2) is 10.2. The zero-order valence-corrected chi connectivity index (χ0v) is 11.7. The zero-order valence-electron chi connectivity index (χ0n) is 11.7. The molecule has 0 atom stereocenters. The van der Waals surface area contributed by atoms with Crippen molar-refractivity contribution >= 4 is 0 Å². The van der Waals surface area contributed by atoms with E-state index in [0.29, 0.717) is 5.69 Å². The maximum atomic E-state index is 12.4. The average molecular weight is 239 g/mol. The van der Waals surface area contributed by atoms with Crippen LogP contribution in [-0.2, 0) is 0 Å². The fourth-order valence-electron chi connectivity index (χ4n) is 1.52. The van der Waals surface area contributed by atoms with Gasteiger partial charge in [0.1, 0.15) is 5.82 Å². The molecule has 0 saturated carbocycles. The number of nitrogens with zero attached hydrogens (tertiary/aromatic N) is 1. The molecule has 0 aliphatic rings. The molecule has 0 unspecified atom stereocenters. The Labute approximate surface area is 105 Å². The first-order chi connectivity index (χ1) is 8.11. The number of unbranched alkanes of at least 4 members (excludes halogenated alkanes) is 5. The van der Waals surface area contributed by atoms with Crippen molar-refractivity contribution in [2.24, 2.45) is 0 Å². The van der Waals surface area contributed by atoms with Crippen molar-refractivity contribution in [3.05, 3.63) is 29.3 Å².